The van der Waals surface area contributed by atoms with Crippen LogP contribution < -0.4 is 10.6 Å². The molecular formula is C21H21N3O6. The predicted octanol–water partition coefficient (Wildman–Crippen LogP) is 2.50. The van der Waals surface area contributed by atoms with Crippen LogP contribution in [-0.2, 0) is 14.3 Å². The van der Waals surface area contributed by atoms with Gasteiger partial charge in [0.2, 0.25) is 5.91 Å². The monoisotopic (exact) mass is 411 g/mol. The quantitative estimate of drug-likeness (QED) is 0.535. The number of rotatable bonds is 7. The van der Waals surface area contributed by atoms with Gasteiger partial charge in [-0.2, -0.15) is 0 Å². The molecule has 0 fully saturated rings. The van der Waals surface area contributed by atoms with Crippen LogP contribution in [0.25, 0.3) is 0 Å². The van der Waals surface area contributed by atoms with E-state index in [1.54, 1.807) is 42.5 Å². The smallest absolute Gasteiger partial charge is 0.411 e. The van der Waals surface area contributed by atoms with Gasteiger partial charge in [0.1, 0.15) is 12.6 Å². The lowest BCUT2D eigenvalue weighted by molar-refractivity contribution is -0.119. The van der Waals surface area contributed by atoms with Gasteiger partial charge in [-0.15, -0.1) is 0 Å². The van der Waals surface area contributed by atoms with Crippen LogP contribution in [-0.4, -0.2) is 55.1 Å². The number of nitrogens with zero attached hydrogens (tertiary/aromatic N) is 1. The summed E-state index contributed by atoms with van der Waals surface area (Å²) in [6, 6.07) is 11.8. The average Bonchev–Trinajstić information content (AvgIpc) is 2.98. The zero-order chi connectivity index (χ0) is 21.7. The molecule has 9 heteroatoms. The van der Waals surface area contributed by atoms with Gasteiger partial charge in [-0.1, -0.05) is 18.2 Å². The second-order valence-corrected chi connectivity index (χ2v) is 6.53. The van der Waals surface area contributed by atoms with E-state index in [1.807, 2.05) is 0 Å². The molecule has 0 saturated heterocycles. The molecule has 156 valence electrons. The maximum absolute atomic E-state index is 12.7. The molecule has 2 aromatic carbocycles. The number of hydrogen-bond donors (Lipinski definition) is 2. The number of ether oxygens (including phenoxy) is 2. The van der Waals surface area contributed by atoms with Crippen molar-refractivity contribution in [3.8, 4) is 0 Å². The molecule has 0 radical (unpaired) electrons. The zero-order valence-corrected chi connectivity index (χ0v) is 16.5. The third kappa shape index (κ3) is 4.47. The van der Waals surface area contributed by atoms with Crippen molar-refractivity contribution in [2.75, 3.05) is 31.0 Å². The van der Waals surface area contributed by atoms with Crippen LogP contribution in [0, 0.1) is 0 Å². The third-order valence-electron chi connectivity index (χ3n) is 4.49. The molecule has 1 atom stereocenters. The number of benzene rings is 2. The number of amides is 4. The topological polar surface area (TPSA) is 114 Å². The summed E-state index contributed by atoms with van der Waals surface area (Å²) >= 11 is 0. The van der Waals surface area contributed by atoms with E-state index in [0.717, 1.165) is 4.90 Å². The average molecular weight is 411 g/mol. The highest BCUT2D eigenvalue weighted by Gasteiger charge is 2.40. The Morgan fingerprint density at radius 2 is 1.53 bits per heavy atom. The van der Waals surface area contributed by atoms with E-state index >= 15 is 0 Å². The lowest BCUT2D eigenvalue weighted by Gasteiger charge is -2.21. The molecule has 0 spiro atoms. The van der Waals surface area contributed by atoms with Gasteiger partial charge in [0.25, 0.3) is 11.8 Å². The fraction of sp³-hybridized carbons (Fsp3) is 0.238. The van der Waals surface area contributed by atoms with Crippen molar-refractivity contribution in [1.82, 2.24) is 4.90 Å². The van der Waals surface area contributed by atoms with Crippen molar-refractivity contribution in [3.63, 3.8) is 0 Å². The first-order valence-electron chi connectivity index (χ1n) is 9.23. The van der Waals surface area contributed by atoms with Gasteiger partial charge in [-0.3, -0.25) is 24.6 Å². The minimum absolute atomic E-state index is 0.108. The van der Waals surface area contributed by atoms with Crippen molar-refractivity contribution in [3.05, 3.63) is 59.7 Å². The highest BCUT2D eigenvalue weighted by molar-refractivity contribution is 6.23. The lowest BCUT2D eigenvalue weighted by atomic mass is 10.1. The fourth-order valence-electron chi connectivity index (χ4n) is 2.97. The zero-order valence-electron chi connectivity index (χ0n) is 16.5. The summed E-state index contributed by atoms with van der Waals surface area (Å²) in [6.07, 6.45) is -0.657. The first-order chi connectivity index (χ1) is 14.4. The van der Waals surface area contributed by atoms with E-state index in [0.29, 0.717) is 11.4 Å². The third-order valence-corrected chi connectivity index (χ3v) is 4.49. The van der Waals surface area contributed by atoms with Crippen molar-refractivity contribution in [1.29, 1.82) is 0 Å². The molecule has 4 amide bonds. The number of nitrogens with one attached hydrogen (secondary N) is 2. The maximum atomic E-state index is 12.7. The van der Waals surface area contributed by atoms with Crippen molar-refractivity contribution in [2.24, 2.45) is 0 Å². The Balaban J connectivity index is 1.64. The fourth-order valence-corrected chi connectivity index (χ4v) is 2.97. The highest BCUT2D eigenvalue weighted by atomic mass is 16.6. The Kier molecular flexibility index (Phi) is 6.43. The lowest BCUT2D eigenvalue weighted by Crippen LogP contribution is -2.45. The molecule has 0 saturated carbocycles. The minimum atomic E-state index is -1.02. The number of anilines is 2. The Morgan fingerprint density at radius 1 is 0.933 bits per heavy atom. The van der Waals surface area contributed by atoms with Crippen molar-refractivity contribution in [2.45, 2.75) is 13.0 Å². The molecule has 30 heavy (non-hydrogen) atoms. The number of hydrogen-bond acceptors (Lipinski definition) is 6. The van der Waals surface area contributed by atoms with E-state index in [-0.39, 0.29) is 24.3 Å². The number of carbonyl (C=O) groups excluding carboxylic acids is 4. The van der Waals surface area contributed by atoms with E-state index in [4.69, 9.17) is 9.47 Å². The Hall–Kier alpha value is -3.72. The van der Waals surface area contributed by atoms with Crippen LogP contribution in [0.4, 0.5) is 16.2 Å². The molecule has 2 aromatic rings. The predicted molar refractivity (Wildman–Crippen MR) is 108 cm³/mol. The van der Waals surface area contributed by atoms with Gasteiger partial charge in [-0.25, -0.2) is 4.79 Å². The summed E-state index contributed by atoms with van der Waals surface area (Å²) in [6.45, 7) is 1.86. The van der Waals surface area contributed by atoms with Crippen LogP contribution in [0.3, 0.4) is 0 Å². The van der Waals surface area contributed by atoms with E-state index in [2.05, 4.69) is 10.6 Å². The van der Waals surface area contributed by atoms with Crippen molar-refractivity contribution < 1.29 is 28.7 Å². The highest BCUT2D eigenvalue weighted by Crippen LogP contribution is 2.25. The molecular weight excluding hydrogens is 390 g/mol. The molecule has 1 unspecified atom stereocenters. The summed E-state index contributed by atoms with van der Waals surface area (Å²) in [5.74, 6) is -1.55. The molecule has 3 rings (SSSR count). The Labute approximate surface area is 172 Å². The summed E-state index contributed by atoms with van der Waals surface area (Å²) in [4.78, 5) is 50.4. The van der Waals surface area contributed by atoms with Gasteiger partial charge in [0.15, 0.2) is 0 Å². The molecule has 1 aliphatic heterocycles. The summed E-state index contributed by atoms with van der Waals surface area (Å²) in [5.41, 5.74) is 1.35. The van der Waals surface area contributed by atoms with E-state index < -0.39 is 29.9 Å². The Bertz CT molecular complexity index is 955. The number of carbonyl (C=O) groups is 4. The second-order valence-electron chi connectivity index (χ2n) is 6.53. The minimum Gasteiger partial charge on any atom is -0.447 e. The number of methoxy groups -OCH3 is 1. The van der Waals surface area contributed by atoms with Gasteiger partial charge < -0.3 is 14.8 Å². The van der Waals surface area contributed by atoms with Crippen LogP contribution in [0.2, 0.25) is 0 Å². The maximum Gasteiger partial charge on any atom is 0.411 e. The van der Waals surface area contributed by atoms with Gasteiger partial charge in [0, 0.05) is 18.5 Å². The summed E-state index contributed by atoms with van der Waals surface area (Å²) in [7, 11) is 1.50. The van der Waals surface area contributed by atoms with Crippen molar-refractivity contribution >= 4 is 35.2 Å². The van der Waals surface area contributed by atoms with Crippen LogP contribution in [0.15, 0.2) is 48.5 Å². The number of fused-ring (bicyclic) bond motifs is 1. The first kappa shape index (κ1) is 21.0. The summed E-state index contributed by atoms with van der Waals surface area (Å²) < 4.78 is 9.72. The summed E-state index contributed by atoms with van der Waals surface area (Å²) in [5, 5.41) is 5.19. The molecule has 0 aromatic heterocycles. The molecule has 2 N–H and O–H groups in total. The molecule has 0 aliphatic carbocycles. The Morgan fingerprint density at radius 3 is 2.13 bits per heavy atom. The first-order valence-corrected chi connectivity index (χ1v) is 9.23. The SMILES string of the molecule is COCCOC(=O)Nc1cccc(NC(=O)C(C)N2C(=O)c3ccccc3C2=O)c1. The van der Waals surface area contributed by atoms with Crippen LogP contribution in [0.5, 0.6) is 0 Å². The van der Waals surface area contributed by atoms with Gasteiger partial charge >= 0.3 is 6.09 Å². The molecule has 1 aliphatic rings. The normalized spacial score (nSPS) is 13.6. The number of imide groups is 1. The van der Waals surface area contributed by atoms with E-state index in [9.17, 15) is 19.2 Å². The molecule has 1 heterocycles. The van der Waals surface area contributed by atoms with Gasteiger partial charge in [0.05, 0.1) is 17.7 Å². The van der Waals surface area contributed by atoms with Crippen LogP contribution >= 0.6 is 0 Å². The molecule has 9 nitrogen and oxygen atoms in total. The standard InChI is InChI=1S/C21H21N3O6/c1-13(24-19(26)16-8-3-4-9-17(16)20(24)27)18(25)22-14-6-5-7-15(12-14)23-21(28)30-11-10-29-2/h3-9,12-13H,10-11H2,1-2H3,(H,22,25)(H,23,28). The van der Waals surface area contributed by atoms with Gasteiger partial charge in [-0.05, 0) is 37.3 Å². The van der Waals surface area contributed by atoms with Crippen LogP contribution in [0.1, 0.15) is 27.6 Å². The molecule has 0 bridgehead atoms. The van der Waals surface area contributed by atoms with E-state index in [1.165, 1.54) is 20.1 Å². The largest absolute Gasteiger partial charge is 0.447 e. The second kappa shape index (κ2) is 9.19.